The molecule has 0 bridgehead atoms. The maximum Gasteiger partial charge on any atom is 0.240 e. The minimum Gasteiger partial charge on any atom is -0.354 e. The summed E-state index contributed by atoms with van der Waals surface area (Å²) in [5, 5.41) is 2.67. The van der Waals surface area contributed by atoms with Gasteiger partial charge in [0.15, 0.2) is 0 Å². The zero-order valence-corrected chi connectivity index (χ0v) is 16.6. The third-order valence-corrected chi connectivity index (χ3v) is 5.32. The molecule has 0 heterocycles. The Hall–Kier alpha value is -2.41. The smallest absolute Gasteiger partial charge is 0.240 e. The van der Waals surface area contributed by atoms with E-state index < -0.39 is 15.9 Å². The number of hydrogen-bond acceptors (Lipinski definition) is 3. The van der Waals surface area contributed by atoms with Crippen molar-refractivity contribution in [3.8, 4) is 0 Å². The van der Waals surface area contributed by atoms with E-state index in [2.05, 4.69) is 5.32 Å². The first-order chi connectivity index (χ1) is 12.7. The molecule has 0 atom stereocenters. The van der Waals surface area contributed by atoms with Gasteiger partial charge in [-0.1, -0.05) is 50.2 Å². The number of anilines is 1. The van der Waals surface area contributed by atoms with Crippen LogP contribution < -0.4 is 9.62 Å². The molecular formula is C20H25FN2O3S. The number of nitrogens with zero attached hydrogens (tertiary/aromatic N) is 1. The van der Waals surface area contributed by atoms with Crippen LogP contribution in [0.25, 0.3) is 0 Å². The first kappa shape index (κ1) is 20.9. The van der Waals surface area contributed by atoms with E-state index in [9.17, 15) is 17.6 Å². The Morgan fingerprint density at radius 3 is 2.37 bits per heavy atom. The molecule has 0 aliphatic rings. The molecule has 0 saturated carbocycles. The highest BCUT2D eigenvalue weighted by molar-refractivity contribution is 7.92. The highest BCUT2D eigenvalue weighted by Gasteiger charge is 2.23. The maximum absolute atomic E-state index is 13.6. The normalized spacial score (nSPS) is 11.4. The summed E-state index contributed by atoms with van der Waals surface area (Å²) in [7, 11) is -3.64. The first-order valence-electron chi connectivity index (χ1n) is 8.77. The van der Waals surface area contributed by atoms with Gasteiger partial charge in [-0.15, -0.1) is 0 Å². The predicted molar refractivity (Wildman–Crippen MR) is 106 cm³/mol. The van der Waals surface area contributed by atoms with Gasteiger partial charge in [0.2, 0.25) is 15.9 Å². The number of carbonyl (C=O) groups is 1. The number of para-hydroxylation sites is 1. The molecule has 146 valence electrons. The van der Waals surface area contributed by atoms with Crippen molar-refractivity contribution in [1.82, 2.24) is 5.32 Å². The summed E-state index contributed by atoms with van der Waals surface area (Å²) >= 11 is 0. The molecule has 1 amide bonds. The number of benzene rings is 2. The fraction of sp³-hybridized carbons (Fsp3) is 0.350. The molecule has 0 saturated heterocycles. The summed E-state index contributed by atoms with van der Waals surface area (Å²) in [4.78, 5) is 12.3. The van der Waals surface area contributed by atoms with Crippen molar-refractivity contribution in [2.45, 2.75) is 26.2 Å². The Kier molecular flexibility index (Phi) is 6.96. The van der Waals surface area contributed by atoms with Crippen LogP contribution in [0, 0.1) is 5.82 Å². The van der Waals surface area contributed by atoms with Gasteiger partial charge in [0, 0.05) is 6.54 Å². The zero-order valence-electron chi connectivity index (χ0n) is 15.8. The molecule has 0 aliphatic heterocycles. The van der Waals surface area contributed by atoms with Crippen molar-refractivity contribution in [2.75, 3.05) is 23.7 Å². The van der Waals surface area contributed by atoms with E-state index in [0.29, 0.717) is 17.7 Å². The highest BCUT2D eigenvalue weighted by Crippen LogP contribution is 2.28. The zero-order chi connectivity index (χ0) is 20.0. The number of sulfonamides is 1. The summed E-state index contributed by atoms with van der Waals surface area (Å²) in [6.45, 7) is 3.84. The summed E-state index contributed by atoms with van der Waals surface area (Å²) in [6.07, 6.45) is 1.41. The third kappa shape index (κ3) is 5.79. The van der Waals surface area contributed by atoms with Crippen LogP contribution in [0.2, 0.25) is 0 Å². The number of hydrogen-bond donors (Lipinski definition) is 1. The largest absolute Gasteiger partial charge is 0.354 e. The van der Waals surface area contributed by atoms with Crippen molar-refractivity contribution < 1.29 is 17.6 Å². The van der Waals surface area contributed by atoms with Crippen LogP contribution in [0.1, 0.15) is 30.9 Å². The van der Waals surface area contributed by atoms with Crippen LogP contribution in [0.15, 0.2) is 48.5 Å². The molecule has 0 fully saturated rings. The van der Waals surface area contributed by atoms with Gasteiger partial charge in [-0.2, -0.15) is 0 Å². The molecule has 1 N–H and O–H groups in total. The van der Waals surface area contributed by atoms with Gasteiger partial charge in [-0.05, 0) is 35.6 Å². The average Bonchev–Trinajstić information content (AvgIpc) is 2.60. The average molecular weight is 392 g/mol. The van der Waals surface area contributed by atoms with E-state index in [-0.39, 0.29) is 24.8 Å². The van der Waals surface area contributed by atoms with Gasteiger partial charge >= 0.3 is 0 Å². The number of halogens is 1. The highest BCUT2D eigenvalue weighted by atomic mass is 32.2. The van der Waals surface area contributed by atoms with E-state index >= 15 is 0 Å². The molecule has 0 aromatic heterocycles. The van der Waals surface area contributed by atoms with Crippen molar-refractivity contribution in [3.63, 3.8) is 0 Å². The second-order valence-corrected chi connectivity index (χ2v) is 8.58. The van der Waals surface area contributed by atoms with E-state index in [1.54, 1.807) is 30.3 Å². The van der Waals surface area contributed by atoms with E-state index in [4.69, 9.17) is 0 Å². The molecule has 7 heteroatoms. The van der Waals surface area contributed by atoms with Crippen LogP contribution in [0.3, 0.4) is 0 Å². The Morgan fingerprint density at radius 2 is 1.74 bits per heavy atom. The van der Waals surface area contributed by atoms with Crippen LogP contribution in [-0.2, 0) is 21.2 Å². The van der Waals surface area contributed by atoms with Gasteiger partial charge in [0.1, 0.15) is 12.4 Å². The summed E-state index contributed by atoms with van der Waals surface area (Å²) < 4.78 is 39.3. The molecule has 0 aliphatic carbocycles. The van der Waals surface area contributed by atoms with Gasteiger partial charge in [0.25, 0.3) is 0 Å². The third-order valence-electron chi connectivity index (χ3n) is 4.19. The summed E-state index contributed by atoms with van der Waals surface area (Å²) in [6, 6.07) is 13.5. The molecule has 27 heavy (non-hydrogen) atoms. The van der Waals surface area contributed by atoms with Crippen molar-refractivity contribution in [1.29, 1.82) is 0 Å². The molecule has 2 aromatic rings. The van der Waals surface area contributed by atoms with Crippen LogP contribution in [-0.4, -0.2) is 33.7 Å². The molecule has 0 unspecified atom stereocenters. The monoisotopic (exact) mass is 392 g/mol. The lowest BCUT2D eigenvalue weighted by Gasteiger charge is -2.25. The molecule has 5 nitrogen and oxygen atoms in total. The first-order valence-corrected chi connectivity index (χ1v) is 10.6. The standard InChI is InChI=1S/C20H25FN2O3S/c1-15(2)17-9-5-7-11-19(17)23(27(3,25)26)14-20(24)22-13-12-16-8-4-6-10-18(16)21/h4-11,15H,12-14H2,1-3H3,(H,22,24). The van der Waals surface area contributed by atoms with E-state index in [1.807, 2.05) is 26.0 Å². The lowest BCUT2D eigenvalue weighted by atomic mass is 10.0. The number of carbonyl (C=O) groups excluding carboxylic acids is 1. The fourth-order valence-corrected chi connectivity index (χ4v) is 3.68. The van der Waals surface area contributed by atoms with Crippen molar-refractivity contribution in [3.05, 3.63) is 65.5 Å². The van der Waals surface area contributed by atoms with Crippen LogP contribution in [0.4, 0.5) is 10.1 Å². The van der Waals surface area contributed by atoms with Crippen molar-refractivity contribution in [2.24, 2.45) is 0 Å². The van der Waals surface area contributed by atoms with Crippen LogP contribution in [0.5, 0.6) is 0 Å². The van der Waals surface area contributed by atoms with E-state index in [0.717, 1.165) is 16.1 Å². The van der Waals surface area contributed by atoms with Crippen molar-refractivity contribution >= 4 is 21.6 Å². The van der Waals surface area contributed by atoms with Crippen LogP contribution >= 0.6 is 0 Å². The molecule has 2 aromatic carbocycles. The van der Waals surface area contributed by atoms with Gasteiger partial charge in [-0.3, -0.25) is 9.10 Å². The molecule has 0 radical (unpaired) electrons. The van der Waals surface area contributed by atoms with Gasteiger partial charge in [0.05, 0.1) is 11.9 Å². The van der Waals surface area contributed by atoms with Gasteiger partial charge in [-0.25, -0.2) is 12.8 Å². The molecule has 2 rings (SSSR count). The predicted octanol–water partition coefficient (Wildman–Crippen LogP) is 3.07. The summed E-state index contributed by atoms with van der Waals surface area (Å²) in [5.74, 6) is -0.653. The molecule has 0 spiro atoms. The quantitative estimate of drug-likeness (QED) is 0.751. The van der Waals surface area contributed by atoms with E-state index in [1.165, 1.54) is 6.07 Å². The number of rotatable bonds is 8. The lowest BCUT2D eigenvalue weighted by Crippen LogP contribution is -2.41. The Bertz CT molecular complexity index is 898. The topological polar surface area (TPSA) is 66.5 Å². The second-order valence-electron chi connectivity index (χ2n) is 6.67. The Balaban J connectivity index is 2.09. The molecular weight excluding hydrogens is 367 g/mol. The minimum atomic E-state index is -3.64. The lowest BCUT2D eigenvalue weighted by molar-refractivity contribution is -0.119. The maximum atomic E-state index is 13.6. The summed E-state index contributed by atoms with van der Waals surface area (Å²) in [5.41, 5.74) is 1.85. The number of amides is 1. The second kappa shape index (κ2) is 8.99. The minimum absolute atomic E-state index is 0.106. The Labute approximate surface area is 160 Å². The SMILES string of the molecule is CC(C)c1ccccc1N(CC(=O)NCCc1ccccc1F)S(C)(=O)=O. The Morgan fingerprint density at radius 1 is 1.11 bits per heavy atom. The fourth-order valence-electron chi connectivity index (χ4n) is 2.81. The number of nitrogens with one attached hydrogen (secondary N) is 1. The van der Waals surface area contributed by atoms with Gasteiger partial charge < -0.3 is 5.32 Å².